The van der Waals surface area contributed by atoms with Crippen LogP contribution in [-0.2, 0) is 9.53 Å². The smallest absolute Gasteiger partial charge is 0.326 e. The summed E-state index contributed by atoms with van der Waals surface area (Å²) >= 11 is 0. The van der Waals surface area contributed by atoms with Gasteiger partial charge in [-0.2, -0.15) is 0 Å². The van der Waals surface area contributed by atoms with E-state index in [4.69, 9.17) is 5.73 Å². The normalized spacial score (nSPS) is 33.9. The van der Waals surface area contributed by atoms with Crippen LogP contribution in [0.4, 0.5) is 0 Å². The van der Waals surface area contributed by atoms with E-state index in [9.17, 15) is 4.79 Å². The number of methoxy groups -OCH3 is 1. The summed E-state index contributed by atoms with van der Waals surface area (Å²) in [7, 11) is 1.36. The van der Waals surface area contributed by atoms with Crippen molar-refractivity contribution in [3.8, 4) is 0 Å². The minimum Gasteiger partial charge on any atom is -0.468 e. The van der Waals surface area contributed by atoms with Gasteiger partial charge in [-0.1, -0.05) is 39.8 Å². The van der Waals surface area contributed by atoms with E-state index >= 15 is 0 Å². The molecule has 2 N–H and O–H groups in total. The zero-order valence-electron chi connectivity index (χ0n) is 11.6. The Hall–Kier alpha value is -0.830. The quantitative estimate of drug-likeness (QED) is 0.608. The molecule has 1 rings (SSSR count). The highest BCUT2D eigenvalue weighted by Gasteiger charge is 2.47. The van der Waals surface area contributed by atoms with Crippen molar-refractivity contribution in [3.05, 3.63) is 12.2 Å². The maximum Gasteiger partial charge on any atom is 0.326 e. The summed E-state index contributed by atoms with van der Waals surface area (Å²) in [6, 6.07) is -0.650. The summed E-state index contributed by atoms with van der Waals surface area (Å²) in [5.74, 6) is 0.306. The van der Waals surface area contributed by atoms with Crippen LogP contribution in [-0.4, -0.2) is 19.1 Å². The first-order valence-electron chi connectivity index (χ1n) is 6.27. The van der Waals surface area contributed by atoms with Crippen LogP contribution in [0.1, 0.15) is 40.5 Å². The second-order valence-electron chi connectivity index (χ2n) is 5.99. The average Bonchev–Trinajstić information content (AvgIpc) is 2.49. The molecule has 3 nitrogen and oxygen atoms in total. The van der Waals surface area contributed by atoms with Gasteiger partial charge in [0.15, 0.2) is 0 Å². The number of carbonyl (C=O) groups excluding carboxylic acids is 1. The van der Waals surface area contributed by atoms with Gasteiger partial charge in [-0.25, -0.2) is 0 Å². The summed E-state index contributed by atoms with van der Waals surface area (Å²) in [6.45, 7) is 9.12. The zero-order valence-corrected chi connectivity index (χ0v) is 11.6. The third kappa shape index (κ3) is 2.54. The summed E-state index contributed by atoms with van der Waals surface area (Å²) in [5, 5.41) is 0. The van der Waals surface area contributed by atoms with E-state index in [0.717, 1.165) is 6.42 Å². The molecule has 1 saturated carbocycles. The summed E-state index contributed by atoms with van der Waals surface area (Å²) in [4.78, 5) is 11.2. The van der Waals surface area contributed by atoms with Gasteiger partial charge < -0.3 is 10.5 Å². The average molecular weight is 239 g/mol. The van der Waals surface area contributed by atoms with Crippen molar-refractivity contribution in [2.75, 3.05) is 7.11 Å². The molecule has 0 amide bonds. The van der Waals surface area contributed by atoms with Crippen molar-refractivity contribution in [2.24, 2.45) is 22.5 Å². The van der Waals surface area contributed by atoms with Gasteiger partial charge in [0, 0.05) is 0 Å². The topological polar surface area (TPSA) is 52.3 Å². The number of hydrogen-bond donors (Lipinski definition) is 1. The van der Waals surface area contributed by atoms with Crippen molar-refractivity contribution in [2.45, 2.75) is 46.6 Å². The van der Waals surface area contributed by atoms with Crippen LogP contribution >= 0.6 is 0 Å². The van der Waals surface area contributed by atoms with Gasteiger partial charge in [0.05, 0.1) is 7.11 Å². The van der Waals surface area contributed by atoms with E-state index in [0.29, 0.717) is 5.92 Å². The Bertz CT molecular complexity index is 322. The van der Waals surface area contributed by atoms with Gasteiger partial charge in [-0.15, -0.1) is 0 Å². The maximum atomic E-state index is 11.2. The molecule has 3 unspecified atom stereocenters. The first-order chi connectivity index (χ1) is 7.74. The molecular formula is C14H25NO2. The fourth-order valence-corrected chi connectivity index (χ4v) is 2.59. The van der Waals surface area contributed by atoms with Crippen LogP contribution in [0.2, 0.25) is 0 Å². The van der Waals surface area contributed by atoms with Gasteiger partial charge in [-0.3, -0.25) is 4.79 Å². The number of nitrogens with two attached hydrogens (primary N) is 1. The minimum atomic E-state index is -0.650. The van der Waals surface area contributed by atoms with E-state index in [-0.39, 0.29) is 16.8 Å². The summed E-state index contributed by atoms with van der Waals surface area (Å²) in [6.07, 6.45) is 6.26. The molecular weight excluding hydrogens is 214 g/mol. The highest BCUT2D eigenvalue weighted by Crippen LogP contribution is 2.56. The molecule has 0 spiro atoms. The molecule has 17 heavy (non-hydrogen) atoms. The van der Waals surface area contributed by atoms with Crippen LogP contribution in [0.5, 0.6) is 0 Å². The van der Waals surface area contributed by atoms with Gasteiger partial charge in [0.2, 0.25) is 0 Å². The molecule has 1 fully saturated rings. The van der Waals surface area contributed by atoms with Crippen molar-refractivity contribution in [1.82, 2.24) is 0 Å². The Morgan fingerprint density at radius 1 is 1.47 bits per heavy atom. The predicted octanol–water partition coefficient (Wildman–Crippen LogP) is 2.51. The monoisotopic (exact) mass is 239 g/mol. The van der Waals surface area contributed by atoms with E-state index in [2.05, 4.69) is 38.5 Å². The first kappa shape index (κ1) is 14.2. The maximum absolute atomic E-state index is 11.2. The van der Waals surface area contributed by atoms with E-state index in [1.165, 1.54) is 13.5 Å². The standard InChI is InChI=1S/C14H25NO2/c1-10-6-8-14(4,13(10,2)3)9-7-11(15)12(16)17-5/h7,9-11H,6,8,15H2,1-5H3/b9-7+. The SMILES string of the molecule is COC(=O)C(N)/C=C/C1(C)CCC(C)C1(C)C. The van der Waals surface area contributed by atoms with Crippen molar-refractivity contribution in [1.29, 1.82) is 0 Å². The molecule has 98 valence electrons. The second kappa shape index (κ2) is 4.81. The summed E-state index contributed by atoms with van der Waals surface area (Å²) < 4.78 is 4.62. The number of allylic oxidation sites excluding steroid dienone is 1. The predicted molar refractivity (Wildman–Crippen MR) is 69.4 cm³/mol. The van der Waals surface area contributed by atoms with Crippen LogP contribution in [0, 0.1) is 16.7 Å². The van der Waals surface area contributed by atoms with E-state index < -0.39 is 6.04 Å². The Balaban J connectivity index is 2.80. The molecule has 1 aliphatic carbocycles. The number of carbonyl (C=O) groups is 1. The lowest BCUT2D eigenvalue weighted by Crippen LogP contribution is -2.34. The molecule has 0 aromatic heterocycles. The third-order valence-electron chi connectivity index (χ3n) is 4.95. The van der Waals surface area contributed by atoms with Crippen molar-refractivity contribution < 1.29 is 9.53 Å². The lowest BCUT2D eigenvalue weighted by molar-refractivity contribution is -0.140. The number of esters is 1. The first-order valence-corrected chi connectivity index (χ1v) is 6.27. The van der Waals surface area contributed by atoms with E-state index in [1.54, 1.807) is 6.08 Å². The molecule has 0 radical (unpaired) electrons. The fourth-order valence-electron chi connectivity index (χ4n) is 2.59. The van der Waals surface area contributed by atoms with Gasteiger partial charge in [0.25, 0.3) is 0 Å². The fraction of sp³-hybridized carbons (Fsp3) is 0.786. The Morgan fingerprint density at radius 2 is 2.06 bits per heavy atom. The van der Waals surface area contributed by atoms with Gasteiger partial charge >= 0.3 is 5.97 Å². The van der Waals surface area contributed by atoms with Crippen molar-refractivity contribution >= 4 is 5.97 Å². The third-order valence-corrected chi connectivity index (χ3v) is 4.95. The number of hydrogen-bond acceptors (Lipinski definition) is 3. The van der Waals surface area contributed by atoms with E-state index in [1.807, 2.05) is 0 Å². The van der Waals surface area contributed by atoms with Crippen LogP contribution in [0.15, 0.2) is 12.2 Å². The molecule has 0 heterocycles. The highest BCUT2D eigenvalue weighted by atomic mass is 16.5. The Kier molecular flexibility index (Phi) is 4.03. The molecule has 1 aliphatic rings. The molecule has 0 aromatic rings. The van der Waals surface area contributed by atoms with Gasteiger partial charge in [-0.05, 0) is 29.6 Å². The highest BCUT2D eigenvalue weighted by molar-refractivity contribution is 5.77. The van der Waals surface area contributed by atoms with Crippen LogP contribution in [0.3, 0.4) is 0 Å². The molecule has 0 aromatic carbocycles. The second-order valence-corrected chi connectivity index (χ2v) is 5.99. The van der Waals surface area contributed by atoms with Crippen LogP contribution in [0.25, 0.3) is 0 Å². The lowest BCUT2D eigenvalue weighted by atomic mass is 9.66. The number of rotatable bonds is 3. The Labute approximate surface area is 104 Å². The largest absolute Gasteiger partial charge is 0.468 e. The zero-order chi connectivity index (χ0) is 13.3. The lowest BCUT2D eigenvalue weighted by Gasteiger charge is -2.39. The molecule has 3 heteroatoms. The van der Waals surface area contributed by atoms with Crippen molar-refractivity contribution in [3.63, 3.8) is 0 Å². The van der Waals surface area contributed by atoms with Gasteiger partial charge in [0.1, 0.15) is 6.04 Å². The molecule has 3 atom stereocenters. The Morgan fingerprint density at radius 3 is 2.47 bits per heavy atom. The van der Waals surface area contributed by atoms with Crippen LogP contribution < -0.4 is 5.73 Å². The molecule has 0 saturated heterocycles. The molecule has 0 bridgehead atoms. The summed E-state index contributed by atoms with van der Waals surface area (Å²) in [5.41, 5.74) is 6.07. The number of ether oxygens (including phenoxy) is 1. The molecule has 0 aliphatic heterocycles. The minimum absolute atomic E-state index is 0.109.